The van der Waals surface area contributed by atoms with E-state index in [9.17, 15) is 9.90 Å². The molecule has 0 heterocycles. The van der Waals surface area contributed by atoms with Crippen LogP contribution in [0.5, 0.6) is 11.5 Å². The van der Waals surface area contributed by atoms with E-state index in [0.29, 0.717) is 36.0 Å². The van der Waals surface area contributed by atoms with E-state index in [0.717, 1.165) is 5.56 Å². The lowest BCUT2D eigenvalue weighted by atomic mass is 10.1. The number of methoxy groups -OCH3 is 1. The van der Waals surface area contributed by atoms with Gasteiger partial charge in [-0.05, 0) is 29.7 Å². The molecule has 1 N–H and O–H groups in total. The third-order valence-corrected chi connectivity index (χ3v) is 3.78. The van der Waals surface area contributed by atoms with Gasteiger partial charge in [0.05, 0.1) is 20.3 Å². The highest BCUT2D eigenvalue weighted by Gasteiger charge is 2.22. The van der Waals surface area contributed by atoms with Crippen LogP contribution < -0.4 is 9.47 Å². The van der Waals surface area contributed by atoms with Gasteiger partial charge >= 0.3 is 5.97 Å². The van der Waals surface area contributed by atoms with Crippen LogP contribution in [0.15, 0.2) is 48.5 Å². The van der Waals surface area contributed by atoms with Crippen LogP contribution in [0.3, 0.4) is 0 Å². The van der Waals surface area contributed by atoms with Crippen LogP contribution in [0, 0.1) is 0 Å². The summed E-state index contributed by atoms with van der Waals surface area (Å²) in [5.41, 5.74) is 1.40. The van der Waals surface area contributed by atoms with Gasteiger partial charge in [0.25, 0.3) is 0 Å². The summed E-state index contributed by atoms with van der Waals surface area (Å²) in [5.74, 6) is 0.452. The van der Waals surface area contributed by atoms with Gasteiger partial charge in [-0.25, -0.2) is 4.79 Å². The van der Waals surface area contributed by atoms with E-state index in [2.05, 4.69) is 0 Å². The van der Waals surface area contributed by atoms with E-state index >= 15 is 0 Å². The highest BCUT2D eigenvalue weighted by molar-refractivity contribution is 6.17. The summed E-state index contributed by atoms with van der Waals surface area (Å²) in [7, 11) is 1.51. The highest BCUT2D eigenvalue weighted by Crippen LogP contribution is 2.32. The molecule has 0 fully saturated rings. The molecule has 0 aromatic heterocycles. The number of carbonyl (C=O) groups is 1. The first-order valence-electron chi connectivity index (χ1n) is 7.90. The summed E-state index contributed by atoms with van der Waals surface area (Å²) in [4.78, 5) is 11.6. The van der Waals surface area contributed by atoms with E-state index in [-0.39, 0.29) is 6.61 Å². The van der Waals surface area contributed by atoms with E-state index < -0.39 is 12.1 Å². The van der Waals surface area contributed by atoms with Crippen LogP contribution in [0.4, 0.5) is 0 Å². The minimum atomic E-state index is -1.09. The van der Waals surface area contributed by atoms with Crippen molar-refractivity contribution < 1.29 is 24.1 Å². The first kappa shape index (κ1) is 19.1. The molecule has 0 aliphatic carbocycles. The van der Waals surface area contributed by atoms with E-state index in [1.54, 1.807) is 18.2 Å². The fourth-order valence-electron chi connectivity index (χ4n) is 2.27. The second kappa shape index (κ2) is 9.91. The number of carboxylic acids is 1. The molecule has 2 rings (SSSR count). The molecule has 0 amide bonds. The molecule has 0 radical (unpaired) electrons. The molecule has 25 heavy (non-hydrogen) atoms. The van der Waals surface area contributed by atoms with Crippen molar-refractivity contribution in [1.82, 2.24) is 0 Å². The third-order valence-electron chi connectivity index (χ3n) is 3.51. The lowest BCUT2D eigenvalue weighted by Gasteiger charge is -2.17. The van der Waals surface area contributed by atoms with Gasteiger partial charge in [0, 0.05) is 5.88 Å². The van der Waals surface area contributed by atoms with Gasteiger partial charge in [0.2, 0.25) is 0 Å². The summed E-state index contributed by atoms with van der Waals surface area (Å²) < 4.78 is 16.5. The second-order valence-electron chi connectivity index (χ2n) is 5.32. The molecular formula is C19H21ClO5. The first-order chi connectivity index (χ1) is 12.2. The zero-order chi connectivity index (χ0) is 18.1. The Hall–Kier alpha value is -2.24. The maximum absolute atomic E-state index is 11.6. The Morgan fingerprint density at radius 3 is 2.56 bits per heavy atom. The van der Waals surface area contributed by atoms with Gasteiger partial charge < -0.3 is 19.3 Å². The first-order valence-corrected chi connectivity index (χ1v) is 8.44. The number of alkyl halides is 1. The average molecular weight is 365 g/mol. The number of carboxylic acid groups (broad SMARTS) is 1. The Labute approximate surface area is 152 Å². The van der Waals surface area contributed by atoms with Gasteiger partial charge in [-0.15, -0.1) is 11.6 Å². The van der Waals surface area contributed by atoms with Crippen LogP contribution in [0.2, 0.25) is 0 Å². The average Bonchev–Trinajstić information content (AvgIpc) is 2.63. The number of hydrogen-bond acceptors (Lipinski definition) is 4. The molecule has 5 nitrogen and oxygen atoms in total. The third kappa shape index (κ3) is 5.66. The maximum Gasteiger partial charge on any atom is 0.337 e. The predicted octanol–water partition coefficient (Wildman–Crippen LogP) is 4.05. The zero-order valence-corrected chi connectivity index (χ0v) is 14.7. The Morgan fingerprint density at radius 2 is 1.92 bits per heavy atom. The Bertz CT molecular complexity index is 675. The lowest BCUT2D eigenvalue weighted by molar-refractivity contribution is -0.151. The fourth-order valence-corrected chi connectivity index (χ4v) is 2.38. The molecule has 134 valence electrons. The lowest BCUT2D eigenvalue weighted by Crippen LogP contribution is -2.15. The molecule has 0 aliphatic rings. The summed E-state index contributed by atoms with van der Waals surface area (Å²) in [6.45, 7) is 0.667. The highest BCUT2D eigenvalue weighted by atomic mass is 35.5. The molecule has 0 saturated carbocycles. The summed E-state index contributed by atoms with van der Waals surface area (Å²) in [5, 5.41) is 9.50. The molecule has 0 spiro atoms. The van der Waals surface area contributed by atoms with Gasteiger partial charge in [-0.3, -0.25) is 0 Å². The number of benzene rings is 2. The number of rotatable bonds is 10. The molecule has 2 aromatic rings. The van der Waals surface area contributed by atoms with Gasteiger partial charge in [0.15, 0.2) is 17.6 Å². The number of hydrogen-bond donors (Lipinski definition) is 1. The maximum atomic E-state index is 11.6. The monoisotopic (exact) mass is 364 g/mol. The van der Waals surface area contributed by atoms with Crippen LogP contribution in [-0.4, -0.2) is 30.7 Å². The van der Waals surface area contributed by atoms with Crippen LogP contribution in [-0.2, 0) is 16.1 Å². The van der Waals surface area contributed by atoms with Crippen molar-refractivity contribution in [3.63, 3.8) is 0 Å². The number of ether oxygens (including phenoxy) is 3. The van der Waals surface area contributed by atoms with Crippen molar-refractivity contribution in [3.05, 3.63) is 59.7 Å². The molecule has 2 aromatic carbocycles. The largest absolute Gasteiger partial charge is 0.493 e. The standard InChI is InChI=1S/C19H21ClO5/c1-23-17-12-15(8-9-16(17)24-11-5-10-20)18(19(21)22)25-13-14-6-3-2-4-7-14/h2-4,6-9,12,18H,5,10-11,13H2,1H3,(H,21,22)/t18-/m1/s1. The van der Waals surface area contributed by atoms with Crippen LogP contribution in [0.25, 0.3) is 0 Å². The van der Waals surface area contributed by atoms with Crippen molar-refractivity contribution in [2.75, 3.05) is 19.6 Å². The molecule has 0 bridgehead atoms. The van der Waals surface area contributed by atoms with Crippen LogP contribution >= 0.6 is 11.6 Å². The minimum Gasteiger partial charge on any atom is -0.493 e. The molecule has 0 saturated heterocycles. The van der Waals surface area contributed by atoms with Crippen molar-refractivity contribution in [1.29, 1.82) is 0 Å². The molecule has 0 aliphatic heterocycles. The Morgan fingerprint density at radius 1 is 1.16 bits per heavy atom. The summed E-state index contributed by atoms with van der Waals surface area (Å²) in [6.07, 6.45) is -0.379. The van der Waals surface area contributed by atoms with Crippen molar-refractivity contribution >= 4 is 17.6 Å². The summed E-state index contributed by atoms with van der Waals surface area (Å²) >= 11 is 5.64. The number of halogens is 1. The van der Waals surface area contributed by atoms with E-state index in [4.69, 9.17) is 25.8 Å². The van der Waals surface area contributed by atoms with Gasteiger partial charge in [-0.2, -0.15) is 0 Å². The fraction of sp³-hybridized carbons (Fsp3) is 0.316. The molecular weight excluding hydrogens is 344 g/mol. The number of aliphatic carboxylic acids is 1. The van der Waals surface area contributed by atoms with Gasteiger partial charge in [0.1, 0.15) is 0 Å². The van der Waals surface area contributed by atoms with Crippen molar-refractivity contribution in [3.8, 4) is 11.5 Å². The molecule has 0 unspecified atom stereocenters. The normalized spacial score (nSPS) is 11.8. The van der Waals surface area contributed by atoms with Crippen molar-refractivity contribution in [2.45, 2.75) is 19.1 Å². The Balaban J connectivity index is 2.13. The van der Waals surface area contributed by atoms with E-state index in [1.807, 2.05) is 30.3 Å². The second-order valence-corrected chi connectivity index (χ2v) is 5.69. The minimum absolute atomic E-state index is 0.202. The molecule has 6 heteroatoms. The SMILES string of the molecule is COc1cc([C@@H](OCc2ccccc2)C(=O)O)ccc1OCCCCl. The van der Waals surface area contributed by atoms with Crippen molar-refractivity contribution in [2.24, 2.45) is 0 Å². The van der Waals surface area contributed by atoms with Gasteiger partial charge in [-0.1, -0.05) is 36.4 Å². The Kier molecular flexibility index (Phi) is 7.57. The predicted molar refractivity (Wildman–Crippen MR) is 95.4 cm³/mol. The smallest absolute Gasteiger partial charge is 0.337 e. The quantitative estimate of drug-likeness (QED) is 0.509. The van der Waals surface area contributed by atoms with Crippen LogP contribution in [0.1, 0.15) is 23.7 Å². The topological polar surface area (TPSA) is 65.0 Å². The summed E-state index contributed by atoms with van der Waals surface area (Å²) in [6, 6.07) is 14.4. The van der Waals surface area contributed by atoms with E-state index in [1.165, 1.54) is 7.11 Å². The molecule has 1 atom stereocenters. The zero-order valence-electron chi connectivity index (χ0n) is 14.0.